The molecule has 3 nitrogen and oxygen atoms in total. The fourth-order valence-electron chi connectivity index (χ4n) is 4.12. The molecule has 0 saturated heterocycles. The van der Waals surface area contributed by atoms with Crippen molar-refractivity contribution in [3.05, 3.63) is 136 Å². The Morgan fingerprint density at radius 1 is 0.676 bits per heavy atom. The lowest BCUT2D eigenvalue weighted by molar-refractivity contribution is -0.118. The van der Waals surface area contributed by atoms with Crippen molar-refractivity contribution in [1.29, 1.82) is 0 Å². The molecule has 172 valence electrons. The van der Waals surface area contributed by atoms with Crippen LogP contribution in [0.2, 0.25) is 10.0 Å². The molecule has 1 atom stereocenters. The second-order valence-electron chi connectivity index (χ2n) is 8.11. The summed E-state index contributed by atoms with van der Waals surface area (Å²) in [7, 11) is 0. The van der Waals surface area contributed by atoms with Crippen LogP contribution in [-0.4, -0.2) is 12.5 Å². The topological polar surface area (TPSA) is 41.1 Å². The quantitative estimate of drug-likeness (QED) is 0.256. The van der Waals surface area contributed by atoms with Gasteiger partial charge in [0.05, 0.1) is 0 Å². The van der Waals surface area contributed by atoms with Gasteiger partial charge in [0, 0.05) is 21.7 Å². The summed E-state index contributed by atoms with van der Waals surface area (Å²) < 4.78 is 0. The van der Waals surface area contributed by atoms with Gasteiger partial charge in [0.1, 0.15) is 6.04 Å². The highest BCUT2D eigenvalue weighted by atomic mass is 35.5. The normalized spacial score (nSPS) is 11.9. The van der Waals surface area contributed by atoms with E-state index in [4.69, 9.17) is 23.2 Å². The first-order valence-corrected chi connectivity index (χ1v) is 12.0. The number of amides is 1. The van der Waals surface area contributed by atoms with Crippen LogP contribution in [0.15, 0.2) is 109 Å². The monoisotopic (exact) mass is 488 g/mol. The van der Waals surface area contributed by atoms with Crippen LogP contribution in [0.4, 0.5) is 5.69 Å². The van der Waals surface area contributed by atoms with E-state index < -0.39 is 6.04 Å². The molecule has 2 N–H and O–H groups in total. The third-order valence-electron chi connectivity index (χ3n) is 5.71. The molecule has 4 aromatic rings. The fraction of sp³-hybridized carbons (Fsp3) is 0.138. The predicted molar refractivity (Wildman–Crippen MR) is 142 cm³/mol. The second-order valence-corrected chi connectivity index (χ2v) is 8.98. The van der Waals surface area contributed by atoms with Gasteiger partial charge in [-0.25, -0.2) is 0 Å². The second kappa shape index (κ2) is 11.8. The number of nitrogens with one attached hydrogen (secondary N) is 2. The van der Waals surface area contributed by atoms with Crippen molar-refractivity contribution < 1.29 is 4.79 Å². The number of benzene rings is 4. The van der Waals surface area contributed by atoms with Crippen LogP contribution in [-0.2, 0) is 4.79 Å². The Bertz CT molecular complexity index is 1140. The minimum atomic E-state index is -0.522. The van der Waals surface area contributed by atoms with Gasteiger partial charge in [-0.05, 0) is 47.9 Å². The predicted octanol–water partition coefficient (Wildman–Crippen LogP) is 7.49. The Hall–Kier alpha value is -3.11. The molecule has 0 aliphatic rings. The van der Waals surface area contributed by atoms with Gasteiger partial charge in [-0.3, -0.25) is 4.79 Å². The molecule has 0 fully saturated rings. The molecule has 4 aromatic carbocycles. The maximum atomic E-state index is 13.3. The lowest BCUT2D eigenvalue weighted by Crippen LogP contribution is -2.34. The molecular weight excluding hydrogens is 463 g/mol. The number of hydrogen-bond donors (Lipinski definition) is 2. The van der Waals surface area contributed by atoms with Crippen molar-refractivity contribution in [2.24, 2.45) is 0 Å². The van der Waals surface area contributed by atoms with E-state index in [1.807, 2.05) is 42.5 Å². The van der Waals surface area contributed by atoms with E-state index in [2.05, 4.69) is 59.2 Å². The van der Waals surface area contributed by atoms with Crippen molar-refractivity contribution in [3.63, 3.8) is 0 Å². The molecule has 0 radical (unpaired) electrons. The minimum absolute atomic E-state index is 0.166. The first kappa shape index (κ1) is 24.0. The molecule has 0 aliphatic carbocycles. The molecule has 0 aromatic heterocycles. The van der Waals surface area contributed by atoms with Crippen molar-refractivity contribution >= 4 is 34.8 Å². The SMILES string of the molecule is O=C(Nc1cc(Cl)cc(Cl)c1)[C@H](NCCC(c1ccccc1)c1ccccc1)c1ccccc1. The zero-order chi connectivity index (χ0) is 23.8. The highest BCUT2D eigenvalue weighted by molar-refractivity contribution is 6.35. The summed E-state index contributed by atoms with van der Waals surface area (Å²) in [6.07, 6.45) is 0.841. The minimum Gasteiger partial charge on any atom is -0.324 e. The van der Waals surface area contributed by atoms with Gasteiger partial charge in [-0.2, -0.15) is 0 Å². The summed E-state index contributed by atoms with van der Waals surface area (Å²) in [5.41, 5.74) is 3.97. The maximum Gasteiger partial charge on any atom is 0.246 e. The Morgan fingerprint density at radius 2 is 1.15 bits per heavy atom. The van der Waals surface area contributed by atoms with Crippen molar-refractivity contribution in [3.8, 4) is 0 Å². The van der Waals surface area contributed by atoms with Crippen LogP contribution < -0.4 is 10.6 Å². The Kier molecular flexibility index (Phi) is 8.37. The Labute approximate surface area is 210 Å². The number of anilines is 1. The first-order valence-electron chi connectivity index (χ1n) is 11.3. The molecule has 0 aliphatic heterocycles. The van der Waals surface area contributed by atoms with Gasteiger partial charge in [-0.15, -0.1) is 0 Å². The van der Waals surface area contributed by atoms with Crippen LogP contribution in [0, 0.1) is 0 Å². The Balaban J connectivity index is 1.51. The molecule has 0 bridgehead atoms. The van der Waals surface area contributed by atoms with Gasteiger partial charge in [0.15, 0.2) is 0 Å². The molecule has 5 heteroatoms. The highest BCUT2D eigenvalue weighted by Gasteiger charge is 2.22. The van der Waals surface area contributed by atoms with E-state index >= 15 is 0 Å². The Morgan fingerprint density at radius 3 is 1.65 bits per heavy atom. The van der Waals surface area contributed by atoms with E-state index in [1.54, 1.807) is 18.2 Å². The third-order valence-corrected chi connectivity index (χ3v) is 6.15. The fourth-order valence-corrected chi connectivity index (χ4v) is 4.64. The average Bonchev–Trinajstić information content (AvgIpc) is 2.85. The smallest absolute Gasteiger partial charge is 0.246 e. The van der Waals surface area contributed by atoms with E-state index in [0.717, 1.165) is 12.0 Å². The van der Waals surface area contributed by atoms with Crippen LogP contribution in [0.3, 0.4) is 0 Å². The zero-order valence-electron chi connectivity index (χ0n) is 18.6. The van der Waals surface area contributed by atoms with Gasteiger partial charge in [0.2, 0.25) is 5.91 Å². The van der Waals surface area contributed by atoms with Gasteiger partial charge < -0.3 is 10.6 Å². The van der Waals surface area contributed by atoms with E-state index in [9.17, 15) is 4.79 Å². The van der Waals surface area contributed by atoms with Crippen LogP contribution in [0.25, 0.3) is 0 Å². The third kappa shape index (κ3) is 6.48. The number of carbonyl (C=O) groups excluding carboxylic acids is 1. The summed E-state index contributed by atoms with van der Waals surface area (Å²) >= 11 is 12.2. The molecule has 4 rings (SSSR count). The lowest BCUT2D eigenvalue weighted by Gasteiger charge is -2.22. The summed E-state index contributed by atoms with van der Waals surface area (Å²) in [5.74, 6) is 0.0571. The van der Waals surface area contributed by atoms with Gasteiger partial charge in [-0.1, -0.05) is 114 Å². The van der Waals surface area contributed by atoms with Crippen molar-refractivity contribution in [1.82, 2.24) is 5.32 Å². The number of hydrogen-bond acceptors (Lipinski definition) is 2. The standard InChI is InChI=1S/C29H26Cl2N2O/c30-24-18-25(31)20-26(19-24)33-29(34)28(23-14-8-3-9-15-23)32-17-16-27(21-10-4-1-5-11-21)22-12-6-2-7-13-22/h1-15,18-20,27-28,32H,16-17H2,(H,33,34)/t28-/m1/s1. The van der Waals surface area contributed by atoms with Crippen molar-refractivity contribution in [2.45, 2.75) is 18.4 Å². The summed E-state index contributed by atoms with van der Waals surface area (Å²) in [5, 5.41) is 7.38. The first-order chi connectivity index (χ1) is 16.6. The molecular formula is C29H26Cl2N2O. The number of rotatable bonds is 9. The van der Waals surface area contributed by atoms with Crippen LogP contribution in [0.5, 0.6) is 0 Å². The van der Waals surface area contributed by atoms with Gasteiger partial charge >= 0.3 is 0 Å². The molecule has 0 spiro atoms. The molecule has 0 heterocycles. The van der Waals surface area contributed by atoms with Gasteiger partial charge in [0.25, 0.3) is 0 Å². The summed E-state index contributed by atoms with van der Waals surface area (Å²) in [4.78, 5) is 13.3. The number of carbonyl (C=O) groups is 1. The average molecular weight is 489 g/mol. The highest BCUT2D eigenvalue weighted by Crippen LogP contribution is 2.28. The summed E-state index contributed by atoms with van der Waals surface area (Å²) in [6.45, 7) is 0.651. The molecule has 1 amide bonds. The zero-order valence-corrected chi connectivity index (χ0v) is 20.1. The van der Waals surface area contributed by atoms with Crippen molar-refractivity contribution in [2.75, 3.05) is 11.9 Å². The summed E-state index contributed by atoms with van der Waals surface area (Å²) in [6, 6.07) is 35.1. The molecule has 0 unspecified atom stereocenters. The van der Waals surface area contributed by atoms with E-state index in [-0.39, 0.29) is 11.8 Å². The van der Waals surface area contributed by atoms with Crippen LogP contribution >= 0.6 is 23.2 Å². The van der Waals surface area contributed by atoms with E-state index in [1.165, 1.54) is 11.1 Å². The maximum absolute atomic E-state index is 13.3. The van der Waals surface area contributed by atoms with E-state index in [0.29, 0.717) is 22.3 Å². The molecule has 0 saturated carbocycles. The number of halogens is 2. The lowest BCUT2D eigenvalue weighted by atomic mass is 9.88. The largest absolute Gasteiger partial charge is 0.324 e. The molecule has 34 heavy (non-hydrogen) atoms. The van der Waals surface area contributed by atoms with Crippen LogP contribution in [0.1, 0.15) is 35.1 Å².